The molecule has 0 aliphatic rings. The fraction of sp³-hybridized carbons (Fsp3) is 1.00. The first kappa shape index (κ1) is 35.7. The van der Waals surface area contributed by atoms with E-state index < -0.39 is 0 Å². The molecule has 0 spiro atoms. The third kappa shape index (κ3) is 18.9. The summed E-state index contributed by atoms with van der Waals surface area (Å²) >= 11 is 0. The third-order valence-corrected chi connectivity index (χ3v) is 7.76. The van der Waals surface area contributed by atoms with Crippen LogP contribution in [0.4, 0.5) is 0 Å². The van der Waals surface area contributed by atoms with Gasteiger partial charge in [0.25, 0.3) is 0 Å². The highest BCUT2D eigenvalue weighted by Crippen LogP contribution is 1.99. The van der Waals surface area contributed by atoms with E-state index in [2.05, 4.69) is 102 Å². The van der Waals surface area contributed by atoms with Crippen LogP contribution in [0.25, 0.3) is 0 Å². The van der Waals surface area contributed by atoms with Crippen molar-refractivity contribution >= 4 is 0 Å². The monoisotopic (exact) mass is 515 g/mol. The molecule has 8 nitrogen and oxygen atoms in total. The Morgan fingerprint density at radius 1 is 0.361 bits per heavy atom. The lowest BCUT2D eigenvalue weighted by atomic mass is 10.3. The molecule has 0 saturated carbocycles. The molecule has 0 amide bonds. The molecular formula is C28H66N8. The summed E-state index contributed by atoms with van der Waals surface area (Å²) in [5.41, 5.74) is 0. The Morgan fingerprint density at radius 3 is 1.14 bits per heavy atom. The van der Waals surface area contributed by atoms with Gasteiger partial charge in [-0.3, -0.25) is 9.80 Å². The molecule has 0 aliphatic heterocycles. The highest BCUT2D eigenvalue weighted by molar-refractivity contribution is 4.70. The maximum absolute atomic E-state index is 3.35. The van der Waals surface area contributed by atoms with Crippen LogP contribution < -0.4 is 5.32 Å². The fourth-order valence-electron chi connectivity index (χ4n) is 4.15. The summed E-state index contributed by atoms with van der Waals surface area (Å²) < 4.78 is 0. The van der Waals surface area contributed by atoms with Crippen LogP contribution in [0.15, 0.2) is 0 Å². The Balaban J connectivity index is 4.72. The van der Waals surface area contributed by atoms with Gasteiger partial charge >= 0.3 is 0 Å². The van der Waals surface area contributed by atoms with Crippen LogP contribution >= 0.6 is 0 Å². The van der Waals surface area contributed by atoms with E-state index in [9.17, 15) is 0 Å². The van der Waals surface area contributed by atoms with Crippen LogP contribution in [0.1, 0.15) is 34.6 Å². The molecule has 0 radical (unpaired) electrons. The first-order chi connectivity index (χ1) is 17.3. The number of likely N-dealkylation sites (N-methyl/N-ethyl adjacent to an activating group) is 6. The van der Waals surface area contributed by atoms with Crippen molar-refractivity contribution in [2.75, 3.05) is 153 Å². The molecule has 1 N–H and O–H groups in total. The van der Waals surface area contributed by atoms with Crippen LogP contribution in [-0.2, 0) is 0 Å². The summed E-state index contributed by atoms with van der Waals surface area (Å²) in [6.07, 6.45) is 0. The Morgan fingerprint density at radius 2 is 0.694 bits per heavy atom. The average molecular weight is 515 g/mol. The number of hydrogen-bond donors (Lipinski definition) is 1. The number of nitrogens with one attached hydrogen (secondary N) is 1. The second-order valence-electron chi connectivity index (χ2n) is 10.3. The summed E-state index contributed by atoms with van der Waals surface area (Å²) in [5.74, 6) is 0. The summed E-state index contributed by atoms with van der Waals surface area (Å²) in [5, 5.41) is 3.35. The Kier molecular flexibility index (Phi) is 23.6. The molecular weight excluding hydrogens is 448 g/mol. The Bertz CT molecular complexity index is 463. The van der Waals surface area contributed by atoms with Gasteiger partial charge in [-0.15, -0.1) is 0 Å². The van der Waals surface area contributed by atoms with E-state index in [0.717, 1.165) is 111 Å². The average Bonchev–Trinajstić information content (AvgIpc) is 2.90. The topological polar surface area (TPSA) is 34.7 Å². The molecule has 0 unspecified atom stereocenters. The molecule has 8 heteroatoms. The van der Waals surface area contributed by atoms with Gasteiger partial charge < -0.3 is 29.8 Å². The zero-order valence-corrected chi connectivity index (χ0v) is 26.1. The summed E-state index contributed by atoms with van der Waals surface area (Å²) in [6, 6.07) is 0. The summed E-state index contributed by atoms with van der Waals surface area (Å²) in [4.78, 5) is 17.8. The maximum atomic E-state index is 3.35. The summed E-state index contributed by atoms with van der Waals surface area (Å²) in [7, 11) is 8.77. The molecule has 0 heterocycles. The van der Waals surface area contributed by atoms with Gasteiger partial charge in [-0.25, -0.2) is 0 Å². The van der Waals surface area contributed by atoms with Crippen LogP contribution in [0, 0.1) is 0 Å². The van der Waals surface area contributed by atoms with Gasteiger partial charge in [0.2, 0.25) is 0 Å². The second kappa shape index (κ2) is 23.8. The van der Waals surface area contributed by atoms with Crippen molar-refractivity contribution in [2.45, 2.75) is 34.6 Å². The first-order valence-corrected chi connectivity index (χ1v) is 14.9. The van der Waals surface area contributed by atoms with Crippen molar-refractivity contribution in [1.29, 1.82) is 0 Å². The van der Waals surface area contributed by atoms with E-state index >= 15 is 0 Å². The molecule has 0 aromatic heterocycles. The molecule has 0 aromatic rings. The van der Waals surface area contributed by atoms with Crippen molar-refractivity contribution in [3.8, 4) is 0 Å². The van der Waals surface area contributed by atoms with Gasteiger partial charge in [-0.1, -0.05) is 34.6 Å². The standard InChI is InChI=1S/C28H66N8/c1-10-30(7)17-18-32(9)20-22-35(16-15-29-6)27-24-34(14-5)25-28-36(21-19-31(8)11-2)26-23-33(12-3)13-4/h29H,10-28H2,1-9H3. The zero-order chi connectivity index (χ0) is 27.2. The minimum Gasteiger partial charge on any atom is -0.318 e. The maximum Gasteiger partial charge on any atom is 0.0110 e. The van der Waals surface area contributed by atoms with E-state index in [1.807, 2.05) is 0 Å². The summed E-state index contributed by atoms with van der Waals surface area (Å²) in [6.45, 7) is 33.0. The molecule has 0 saturated heterocycles. The SMILES string of the molecule is CCN(C)CCN(C)CCN(CCNC)CCN(CC)CCN(CCN(C)CC)CCN(CC)CC. The Hall–Kier alpha value is -0.320. The largest absolute Gasteiger partial charge is 0.318 e. The lowest BCUT2D eigenvalue weighted by molar-refractivity contribution is 0.153. The van der Waals surface area contributed by atoms with E-state index in [1.54, 1.807) is 0 Å². The van der Waals surface area contributed by atoms with Gasteiger partial charge in [0.05, 0.1) is 0 Å². The molecule has 0 atom stereocenters. The lowest BCUT2D eigenvalue weighted by Gasteiger charge is -2.32. The van der Waals surface area contributed by atoms with E-state index in [4.69, 9.17) is 0 Å². The van der Waals surface area contributed by atoms with Crippen molar-refractivity contribution in [3.05, 3.63) is 0 Å². The predicted molar refractivity (Wildman–Crippen MR) is 161 cm³/mol. The predicted octanol–water partition coefficient (Wildman–Crippen LogP) is 1.31. The van der Waals surface area contributed by atoms with Crippen LogP contribution in [-0.4, -0.2) is 187 Å². The Labute approximate surface area is 226 Å². The van der Waals surface area contributed by atoms with Crippen LogP contribution in [0.2, 0.25) is 0 Å². The van der Waals surface area contributed by atoms with Crippen molar-refractivity contribution < 1.29 is 0 Å². The van der Waals surface area contributed by atoms with Crippen molar-refractivity contribution in [3.63, 3.8) is 0 Å². The van der Waals surface area contributed by atoms with Gasteiger partial charge in [-0.05, 0) is 60.9 Å². The van der Waals surface area contributed by atoms with Gasteiger partial charge in [0, 0.05) is 91.6 Å². The highest BCUT2D eigenvalue weighted by Gasteiger charge is 2.13. The van der Waals surface area contributed by atoms with E-state index in [-0.39, 0.29) is 0 Å². The quantitative estimate of drug-likeness (QED) is 0.185. The molecule has 0 bridgehead atoms. The second-order valence-corrected chi connectivity index (χ2v) is 10.3. The van der Waals surface area contributed by atoms with E-state index in [0.29, 0.717) is 0 Å². The zero-order valence-electron chi connectivity index (χ0n) is 26.1. The van der Waals surface area contributed by atoms with Crippen molar-refractivity contribution in [1.82, 2.24) is 39.6 Å². The van der Waals surface area contributed by atoms with Gasteiger partial charge in [-0.2, -0.15) is 0 Å². The minimum atomic E-state index is 1.05. The smallest absolute Gasteiger partial charge is 0.0110 e. The third-order valence-electron chi connectivity index (χ3n) is 7.76. The van der Waals surface area contributed by atoms with Gasteiger partial charge in [0.15, 0.2) is 0 Å². The molecule has 218 valence electrons. The van der Waals surface area contributed by atoms with E-state index in [1.165, 1.54) is 13.1 Å². The number of hydrogen-bond acceptors (Lipinski definition) is 8. The normalized spacial score (nSPS) is 12.7. The fourth-order valence-corrected chi connectivity index (χ4v) is 4.15. The van der Waals surface area contributed by atoms with Crippen LogP contribution in [0.5, 0.6) is 0 Å². The number of nitrogens with zero attached hydrogens (tertiary/aromatic N) is 7. The van der Waals surface area contributed by atoms with Crippen molar-refractivity contribution in [2.24, 2.45) is 0 Å². The van der Waals surface area contributed by atoms with Gasteiger partial charge in [0.1, 0.15) is 0 Å². The minimum absolute atomic E-state index is 1.05. The highest BCUT2D eigenvalue weighted by atomic mass is 15.3. The molecule has 0 fully saturated rings. The number of rotatable bonds is 26. The molecule has 0 aliphatic carbocycles. The lowest BCUT2D eigenvalue weighted by Crippen LogP contribution is -2.45. The van der Waals surface area contributed by atoms with Crippen LogP contribution in [0.3, 0.4) is 0 Å². The first-order valence-electron chi connectivity index (χ1n) is 14.9. The molecule has 36 heavy (non-hydrogen) atoms. The molecule has 0 aromatic carbocycles. The molecule has 0 rings (SSSR count).